The molecular weight excluding hydrogens is 1760 g/mol. The predicted molar refractivity (Wildman–Crippen MR) is 493 cm³/mol. The Bertz CT molecular complexity index is 6250. The molecule has 10 aromatic carbocycles. The van der Waals surface area contributed by atoms with Gasteiger partial charge < -0.3 is 40.8 Å². The number of furan rings is 1. The van der Waals surface area contributed by atoms with Crippen LogP contribution in [0.5, 0.6) is 0 Å². The lowest BCUT2D eigenvalue weighted by Gasteiger charge is -2.34. The maximum absolute atomic E-state index is 13.0. The summed E-state index contributed by atoms with van der Waals surface area (Å²) in [6, 6.07) is 58.6. The number of carbonyl (C=O) groups excluding carboxylic acids is 6. The van der Waals surface area contributed by atoms with Gasteiger partial charge in [0.25, 0.3) is 35.4 Å². The van der Waals surface area contributed by atoms with Gasteiger partial charge in [-0.05, 0) is 245 Å². The minimum Gasteiger partial charge on any atom is -0.464 e. The summed E-state index contributed by atoms with van der Waals surface area (Å²) in [6.07, 6.45) is 6.15. The second-order valence-electron chi connectivity index (χ2n) is 29.8. The highest BCUT2D eigenvalue weighted by molar-refractivity contribution is 7.91. The van der Waals surface area contributed by atoms with Crippen LogP contribution in [-0.4, -0.2) is 172 Å². The van der Waals surface area contributed by atoms with Gasteiger partial charge in [-0.3, -0.25) is 46.0 Å². The average molecular weight is 1850 g/mol. The zero-order valence-corrected chi connectivity index (χ0v) is 74.7. The van der Waals surface area contributed by atoms with Crippen molar-refractivity contribution < 1.29 is 71.4 Å². The van der Waals surface area contributed by atoms with Gasteiger partial charge in [0.15, 0.2) is 5.58 Å². The molecule has 38 heteroatoms. The Morgan fingerprint density at radius 2 is 0.698 bits per heavy atom. The molecular formula is C88H88Cl3N15O16S4. The van der Waals surface area contributed by atoms with E-state index in [0.717, 1.165) is 35.6 Å². The number of hydrogen-bond donors (Lipinski definition) is 6. The molecule has 126 heavy (non-hydrogen) atoms. The average Bonchev–Trinajstić information content (AvgIpc) is 0.817. The van der Waals surface area contributed by atoms with Crippen molar-refractivity contribution in [2.24, 2.45) is 0 Å². The van der Waals surface area contributed by atoms with Crippen LogP contribution in [0.3, 0.4) is 0 Å². The molecule has 6 N–H and O–H groups in total. The van der Waals surface area contributed by atoms with Gasteiger partial charge in [-0.2, -0.15) is 50.9 Å². The first-order valence-electron chi connectivity index (χ1n) is 39.5. The van der Waals surface area contributed by atoms with Gasteiger partial charge in [-0.25, -0.2) is 0 Å². The molecule has 12 aromatic rings. The number of anilines is 10. The van der Waals surface area contributed by atoms with Gasteiger partial charge in [-0.1, -0.05) is 58.2 Å². The Morgan fingerprint density at radius 3 is 1.13 bits per heavy atom. The van der Waals surface area contributed by atoms with Crippen LogP contribution in [0.2, 0.25) is 15.1 Å². The number of rotatable bonds is 16. The SMILES string of the molecule is CN1CCCN(c2ccc(C(=O)Nc3ccc4ccoc4c3)cc2)S1(=O)=O.CN1CCCN(c2ccc(C(=O)Nc3ccc4cnoc4c3)cc2)S1(=O)=O.Cc1cc(N2CCCN(C)S2(=O)=O)ccc1C(=O)Nc1ccc(Cl)c(NC(=O)c2cccc(Cl)c2)c1.Cc1ccc(NC(=O)c2ccc(N3CCCN(C)S3(=O)=O)cc2C)cc1NC(=O)c1cccc(Cl)c1. The van der Waals surface area contributed by atoms with E-state index < -0.39 is 46.7 Å². The molecule has 4 aliphatic rings. The fourth-order valence-corrected chi connectivity index (χ4v) is 20.3. The summed E-state index contributed by atoms with van der Waals surface area (Å²) in [5.74, 6) is -1.99. The number of hydrogen-bond acceptors (Lipinski definition) is 17. The first-order valence-corrected chi connectivity index (χ1v) is 46.2. The third-order valence-corrected chi connectivity index (χ3v) is 29.5. The largest absolute Gasteiger partial charge is 0.464 e. The van der Waals surface area contributed by atoms with Crippen LogP contribution in [0.25, 0.3) is 21.9 Å². The highest BCUT2D eigenvalue weighted by Crippen LogP contribution is 2.34. The molecule has 4 aliphatic heterocycles. The molecule has 0 spiro atoms. The molecule has 0 atom stereocenters. The molecule has 6 heterocycles. The number of nitrogens with zero attached hydrogens (tertiary/aromatic N) is 9. The second kappa shape index (κ2) is 39.1. The molecule has 31 nitrogen and oxygen atoms in total. The molecule has 0 aliphatic carbocycles. The van der Waals surface area contributed by atoms with Crippen LogP contribution >= 0.6 is 34.8 Å². The number of benzene rings is 10. The van der Waals surface area contributed by atoms with E-state index in [1.54, 1.807) is 243 Å². The highest BCUT2D eigenvalue weighted by Gasteiger charge is 2.36. The lowest BCUT2D eigenvalue weighted by atomic mass is 10.1. The van der Waals surface area contributed by atoms with Gasteiger partial charge in [0.1, 0.15) is 5.58 Å². The van der Waals surface area contributed by atoms with Crippen molar-refractivity contribution in [3.05, 3.63) is 290 Å². The third-order valence-electron chi connectivity index (χ3n) is 21.1. The molecule has 2 aromatic heterocycles. The van der Waals surface area contributed by atoms with Crippen LogP contribution in [0.1, 0.15) is 105 Å². The predicted octanol–water partition coefficient (Wildman–Crippen LogP) is 15.6. The summed E-state index contributed by atoms with van der Waals surface area (Å²) in [5.41, 5.74) is 11.0. The molecule has 0 unspecified atom stereocenters. The van der Waals surface area contributed by atoms with Crippen LogP contribution < -0.4 is 49.1 Å². The van der Waals surface area contributed by atoms with Crippen LogP contribution in [0, 0.1) is 20.8 Å². The van der Waals surface area contributed by atoms with E-state index in [4.69, 9.17) is 43.7 Å². The van der Waals surface area contributed by atoms with Crippen molar-refractivity contribution in [3.63, 3.8) is 0 Å². The Hall–Kier alpha value is -12.3. The Balaban J connectivity index is 0.000000145. The number of fused-ring (bicyclic) bond motifs is 2. The monoisotopic (exact) mass is 1840 g/mol. The summed E-state index contributed by atoms with van der Waals surface area (Å²) in [4.78, 5) is 76.2. The molecule has 16 rings (SSSR count). The fraction of sp³-hybridized carbons (Fsp3) is 0.216. The topological polar surface area (TPSA) is 376 Å². The molecule has 6 amide bonds. The van der Waals surface area contributed by atoms with E-state index in [2.05, 4.69) is 37.1 Å². The van der Waals surface area contributed by atoms with Crippen molar-refractivity contribution in [1.82, 2.24) is 22.4 Å². The Morgan fingerprint density at radius 1 is 0.333 bits per heavy atom. The van der Waals surface area contributed by atoms with Crippen molar-refractivity contribution in [3.8, 4) is 0 Å². The van der Waals surface area contributed by atoms with Gasteiger partial charge in [0.05, 0.1) is 45.9 Å². The Kier molecular flexibility index (Phi) is 28.4. The normalized spacial score (nSPS) is 16.1. The van der Waals surface area contributed by atoms with Gasteiger partial charge >= 0.3 is 40.8 Å². The number of aromatic nitrogens is 1. The molecule has 4 saturated heterocycles. The third kappa shape index (κ3) is 21.3. The highest BCUT2D eigenvalue weighted by atomic mass is 35.5. The first kappa shape index (κ1) is 91.4. The zero-order valence-electron chi connectivity index (χ0n) is 69.2. The Labute approximate surface area is 744 Å². The van der Waals surface area contributed by atoms with Gasteiger partial charge in [-0.15, -0.1) is 0 Å². The van der Waals surface area contributed by atoms with E-state index in [9.17, 15) is 62.4 Å². The number of nitrogens with one attached hydrogen (secondary N) is 6. The summed E-state index contributed by atoms with van der Waals surface area (Å²) < 4.78 is 121. The maximum atomic E-state index is 13.0. The molecule has 0 saturated carbocycles. The molecule has 0 radical (unpaired) electrons. The number of halogens is 3. The zero-order chi connectivity index (χ0) is 90.1. The van der Waals surface area contributed by atoms with E-state index in [1.165, 1.54) is 40.5 Å². The lowest BCUT2D eigenvalue weighted by molar-refractivity contribution is 0.101. The second-order valence-corrected chi connectivity index (χ2v) is 39.0. The van der Waals surface area contributed by atoms with Crippen LogP contribution in [-0.2, 0) is 40.8 Å². The summed E-state index contributed by atoms with van der Waals surface area (Å²) in [5, 5.41) is 23.6. The van der Waals surface area contributed by atoms with Gasteiger partial charge in [0, 0.05) is 175 Å². The molecule has 656 valence electrons. The minimum atomic E-state index is -3.58. The quantitative estimate of drug-likeness (QED) is 0.0523. The van der Waals surface area contributed by atoms with E-state index >= 15 is 0 Å². The molecule has 0 bridgehead atoms. The van der Waals surface area contributed by atoms with Crippen LogP contribution in [0.15, 0.2) is 234 Å². The van der Waals surface area contributed by atoms with Crippen molar-refractivity contribution in [1.29, 1.82) is 0 Å². The standard InChI is InChI=1S/C26H27ClN4O4S.C25H24Cl2N4O4S.C19H19N3O4S.C18H18N4O4S/c1-17-8-9-21(16-24(17)29-25(32)19-6-4-7-20(27)15-19)28-26(33)23-11-10-22(14-18(23)2)31-13-5-12-30(3)36(31,34)35;1-16-13-20(31-12-4-11-30(2)36(31,34)35)8-9-21(16)25(33)28-19-7-10-22(27)23(15-19)29-24(32)17-5-3-6-18(26)14-17;1-21-10-2-11-22(27(21,24)25)17-7-4-15(5-8-17)19(23)20-16-6-3-14-9-12-26-18(14)13-16;1-21-9-2-10-22(27(21,24)25)16-7-4-13(5-8-16)18(23)20-15-6-3-14-12-19-26-17(14)11-15/h4,6-11,14-16H,5,12-13H2,1-3H3,(H,28,33)(H,29,32);3,5-10,13-15H,4,11-12H2,1-2H3,(H,28,33)(H,29,32);3-9,12-13H,2,10-11H2,1H3,(H,20,23);3-8,11-12H,2,9-10H2,1H3,(H,20,23). The van der Waals surface area contributed by atoms with E-state index in [1.807, 2.05) is 25.1 Å². The fourth-order valence-electron chi connectivity index (χ4n) is 14.0. The smallest absolute Gasteiger partial charge is 0.303 e. The van der Waals surface area contributed by atoms with Gasteiger partial charge in [0.2, 0.25) is 0 Å². The lowest BCUT2D eigenvalue weighted by Crippen LogP contribution is -2.48. The van der Waals surface area contributed by atoms with Crippen molar-refractivity contribution >= 4 is 190 Å². The number of aryl methyl sites for hydroxylation is 3. The number of amides is 6. The minimum absolute atomic E-state index is 0.272. The molecule has 4 fully saturated rings. The van der Waals surface area contributed by atoms with Crippen molar-refractivity contribution in [2.75, 3.05) is 130 Å². The van der Waals surface area contributed by atoms with E-state index in [0.29, 0.717) is 186 Å². The van der Waals surface area contributed by atoms with Crippen molar-refractivity contribution in [2.45, 2.75) is 46.5 Å². The summed E-state index contributed by atoms with van der Waals surface area (Å²) in [7, 11) is -7.91. The van der Waals surface area contributed by atoms with E-state index in [-0.39, 0.29) is 29.5 Å². The van der Waals surface area contributed by atoms with Crippen LogP contribution in [0.4, 0.5) is 56.9 Å². The number of carbonyl (C=O) groups is 6. The maximum Gasteiger partial charge on any atom is 0.303 e. The summed E-state index contributed by atoms with van der Waals surface area (Å²) in [6.45, 7) is 8.98. The first-order chi connectivity index (χ1) is 60.0. The summed E-state index contributed by atoms with van der Waals surface area (Å²) >= 11 is 18.2.